The summed E-state index contributed by atoms with van der Waals surface area (Å²) in [5.41, 5.74) is 4.45. The fourth-order valence-corrected chi connectivity index (χ4v) is 0.443. The van der Waals surface area contributed by atoms with Crippen molar-refractivity contribution in [1.82, 2.24) is 9.97 Å². The molecular formula is C6H12ClN3O3. The molecule has 0 amide bonds. The van der Waals surface area contributed by atoms with Gasteiger partial charge in [-0.2, -0.15) is 0 Å². The van der Waals surface area contributed by atoms with E-state index in [0.717, 1.165) is 0 Å². The molecule has 0 aliphatic rings. The molecule has 7 heteroatoms. The van der Waals surface area contributed by atoms with Crippen LogP contribution in [0.15, 0.2) is 12.5 Å². The van der Waals surface area contributed by atoms with Crippen molar-refractivity contribution in [2.75, 3.05) is 0 Å². The van der Waals surface area contributed by atoms with E-state index in [0.29, 0.717) is 0 Å². The van der Waals surface area contributed by atoms with Crippen LogP contribution in [0.3, 0.4) is 0 Å². The van der Waals surface area contributed by atoms with Crippen molar-refractivity contribution < 1.29 is 22.2 Å². The summed E-state index contributed by atoms with van der Waals surface area (Å²) in [6, 6.07) is -2.97. The maximum atomic E-state index is 10.7. The van der Waals surface area contributed by atoms with Crippen LogP contribution in [0, 0.1) is 0 Å². The number of aromatic nitrogens is 2. The van der Waals surface area contributed by atoms with Gasteiger partial charge >= 0.3 is 5.97 Å². The summed E-state index contributed by atoms with van der Waals surface area (Å²) in [7, 11) is 0. The number of rotatable bonds is 3. The summed E-state index contributed by atoms with van der Waals surface area (Å²) < 4.78 is 36.4. The van der Waals surface area contributed by atoms with Crippen LogP contribution < -0.4 is 5.73 Å². The van der Waals surface area contributed by atoms with Crippen molar-refractivity contribution in [2.45, 2.75) is 12.4 Å². The summed E-state index contributed by atoms with van der Waals surface area (Å²) in [5.74, 6) is -1.88. The van der Waals surface area contributed by atoms with Crippen molar-refractivity contribution in [3.05, 3.63) is 18.2 Å². The van der Waals surface area contributed by atoms with Gasteiger partial charge in [0, 0.05) is 21.0 Å². The molecular weight excluding hydrogens is 198 g/mol. The van der Waals surface area contributed by atoms with E-state index in [1.165, 1.54) is 0 Å². The summed E-state index contributed by atoms with van der Waals surface area (Å²) in [4.78, 5) is 16.0. The average molecular weight is 215 g/mol. The number of carbonyl (C=O) groups is 1. The molecule has 13 heavy (non-hydrogen) atoms. The first kappa shape index (κ1) is 6.36. The normalized spacial score (nSPS) is 19.9. The molecule has 6 nitrogen and oxygen atoms in total. The summed E-state index contributed by atoms with van der Waals surface area (Å²) in [6.45, 7) is 0. The zero-order valence-electron chi connectivity index (χ0n) is 11.3. The van der Waals surface area contributed by atoms with Crippen molar-refractivity contribution >= 4 is 18.4 Å². The average Bonchev–Trinajstić information content (AvgIpc) is 2.45. The molecule has 1 rings (SSSR count). The third-order valence-electron chi connectivity index (χ3n) is 0.895. The smallest absolute Gasteiger partial charge is 0.320 e. The topological polar surface area (TPSA) is 124 Å². The first-order valence-electron chi connectivity index (χ1n) is 5.16. The number of nitrogens with one attached hydrogen (secondary N) is 1. The number of hydrogen-bond donors (Lipinski definition) is 3. The van der Waals surface area contributed by atoms with Gasteiger partial charge in [-0.1, -0.05) is 0 Å². The number of halogens is 1. The molecule has 0 radical (unpaired) electrons. The SMILES string of the molecule is Cl.O.[2H]c1nc([2H])c(C([2H])([2H])[C@]([2H])(N)C(=O)O)[nH]1. The lowest BCUT2D eigenvalue weighted by Crippen LogP contribution is -2.32. The molecule has 1 aromatic heterocycles. The minimum Gasteiger partial charge on any atom is -0.480 e. The molecule has 0 unspecified atom stereocenters. The van der Waals surface area contributed by atoms with E-state index in [9.17, 15) is 4.79 Å². The van der Waals surface area contributed by atoms with Crippen LogP contribution in [0.5, 0.6) is 0 Å². The zero-order chi connectivity index (χ0) is 12.7. The second-order valence-electron chi connectivity index (χ2n) is 1.68. The number of H-pyrrole nitrogens is 1. The molecule has 76 valence electrons. The molecule has 6 N–H and O–H groups in total. The Labute approximate surface area is 87.9 Å². The summed E-state index contributed by atoms with van der Waals surface area (Å²) >= 11 is 0. The van der Waals surface area contributed by atoms with Crippen molar-refractivity contribution in [1.29, 1.82) is 0 Å². The van der Waals surface area contributed by atoms with E-state index in [2.05, 4.69) is 9.97 Å². The van der Waals surface area contributed by atoms with Gasteiger partial charge in [-0.05, 0) is 0 Å². The molecule has 0 aliphatic heterocycles. The molecule has 1 heterocycles. The largest absolute Gasteiger partial charge is 0.480 e. The van der Waals surface area contributed by atoms with E-state index in [4.69, 9.17) is 17.7 Å². The lowest BCUT2D eigenvalue weighted by molar-refractivity contribution is -0.138. The molecule has 0 spiro atoms. The molecule has 1 atom stereocenters. The van der Waals surface area contributed by atoms with Crippen LogP contribution in [-0.2, 0) is 11.2 Å². The first-order valence-corrected chi connectivity index (χ1v) is 2.66. The number of nitrogens with two attached hydrogens (primary N) is 1. The van der Waals surface area contributed by atoms with E-state index in [1.807, 2.05) is 0 Å². The van der Waals surface area contributed by atoms with Gasteiger partial charge in [0.25, 0.3) is 0 Å². The van der Waals surface area contributed by atoms with Crippen LogP contribution in [0.2, 0.25) is 0 Å². The van der Waals surface area contributed by atoms with Crippen LogP contribution in [-0.4, -0.2) is 32.5 Å². The Bertz CT molecular complexity index is 438. The van der Waals surface area contributed by atoms with Crippen molar-refractivity contribution in [3.63, 3.8) is 0 Å². The standard InChI is InChI=1S/C6H9N3O2.ClH.H2O/c7-5(6(10)11)1-4-2-8-3-9-4;;/h2-3,5H,1,7H2,(H,8,9)(H,10,11);1H;1H2/t5-;;/m0../s1/i1D2,2D,3D,5D;;. The Hall–Kier alpha value is -1.11. The first-order chi connectivity index (χ1) is 7.10. The van der Waals surface area contributed by atoms with E-state index in [-0.39, 0.29) is 17.9 Å². The van der Waals surface area contributed by atoms with Crippen LogP contribution in [0.4, 0.5) is 0 Å². The Morgan fingerprint density at radius 2 is 2.69 bits per heavy atom. The third-order valence-corrected chi connectivity index (χ3v) is 0.895. The predicted molar refractivity (Wildman–Crippen MR) is 48.8 cm³/mol. The number of carboxylic acids is 1. The van der Waals surface area contributed by atoms with Gasteiger partial charge in [0.15, 0.2) is 0 Å². The van der Waals surface area contributed by atoms with Gasteiger partial charge in [0.05, 0.1) is 9.04 Å². The van der Waals surface area contributed by atoms with Crippen molar-refractivity contribution in [2.24, 2.45) is 5.73 Å². The quantitative estimate of drug-likeness (QED) is 0.595. The van der Waals surface area contributed by atoms with Gasteiger partial charge in [-0.25, -0.2) is 4.98 Å². The predicted octanol–water partition coefficient (Wildman–Crippen LogP) is -1.04. The van der Waals surface area contributed by atoms with Crippen LogP contribution in [0.1, 0.15) is 12.5 Å². The maximum absolute atomic E-state index is 10.7. The zero-order valence-corrected chi connectivity index (χ0v) is 7.10. The minimum absolute atomic E-state index is 0. The number of nitrogens with zero attached hydrogens (tertiary/aromatic N) is 1. The molecule has 0 saturated heterocycles. The fraction of sp³-hybridized carbons (Fsp3) is 0.333. The van der Waals surface area contributed by atoms with E-state index in [1.54, 1.807) is 0 Å². The van der Waals surface area contributed by atoms with E-state index >= 15 is 0 Å². The molecule has 0 saturated carbocycles. The van der Waals surface area contributed by atoms with Crippen LogP contribution >= 0.6 is 12.4 Å². The summed E-state index contributed by atoms with van der Waals surface area (Å²) in [5, 5.41) is 8.64. The van der Waals surface area contributed by atoms with Crippen molar-refractivity contribution in [3.8, 4) is 0 Å². The highest BCUT2D eigenvalue weighted by atomic mass is 35.5. The molecule has 0 aliphatic carbocycles. The van der Waals surface area contributed by atoms with Gasteiger partial charge in [-0.3, -0.25) is 4.79 Å². The number of aliphatic carboxylic acids is 1. The molecule has 0 bridgehead atoms. The molecule has 1 aromatic rings. The number of imidazole rings is 1. The van der Waals surface area contributed by atoms with Gasteiger partial charge in [-0.15, -0.1) is 12.4 Å². The Morgan fingerprint density at radius 3 is 3.08 bits per heavy atom. The Kier molecular flexibility index (Phi) is 3.14. The number of hydrogen-bond acceptors (Lipinski definition) is 3. The highest BCUT2D eigenvalue weighted by Crippen LogP contribution is 1.95. The van der Waals surface area contributed by atoms with Crippen LogP contribution in [0.25, 0.3) is 0 Å². The summed E-state index contributed by atoms with van der Waals surface area (Å²) in [6.07, 6.45) is -3.99. The van der Waals surface area contributed by atoms with E-state index < -0.39 is 36.5 Å². The lowest BCUT2D eigenvalue weighted by atomic mass is 10.2. The van der Waals surface area contributed by atoms with Gasteiger partial charge < -0.3 is 21.3 Å². The maximum Gasteiger partial charge on any atom is 0.320 e. The fourth-order valence-electron chi connectivity index (χ4n) is 0.443. The second kappa shape index (κ2) is 6.41. The van der Waals surface area contributed by atoms with Gasteiger partial charge in [0.2, 0.25) is 0 Å². The number of aromatic amines is 1. The lowest BCUT2D eigenvalue weighted by Gasteiger charge is -2.02. The minimum atomic E-state index is -2.97. The van der Waals surface area contributed by atoms with Gasteiger partial charge in [0.1, 0.15) is 7.39 Å². The Balaban J connectivity index is 0. The molecule has 0 aromatic carbocycles. The molecule has 0 fully saturated rings. The Morgan fingerprint density at radius 1 is 2.08 bits per heavy atom. The third kappa shape index (κ3) is 4.46. The number of carboxylic acid groups (broad SMARTS) is 1. The second-order valence-corrected chi connectivity index (χ2v) is 1.68. The monoisotopic (exact) mass is 214 g/mol. The highest BCUT2D eigenvalue weighted by Gasteiger charge is 2.11. The highest BCUT2D eigenvalue weighted by molar-refractivity contribution is 5.85.